The first-order valence-electron chi connectivity index (χ1n) is 4.91. The zero-order valence-corrected chi connectivity index (χ0v) is 9.13. The van der Waals surface area contributed by atoms with Crippen LogP contribution in [0.3, 0.4) is 0 Å². The van der Waals surface area contributed by atoms with Gasteiger partial charge in [-0.05, 0) is 12.8 Å². The van der Waals surface area contributed by atoms with Crippen LogP contribution in [0.15, 0.2) is 11.7 Å². The molecule has 1 saturated heterocycles. The van der Waals surface area contributed by atoms with Crippen molar-refractivity contribution in [1.29, 1.82) is 0 Å². The van der Waals surface area contributed by atoms with E-state index in [0.29, 0.717) is 26.1 Å². The van der Waals surface area contributed by atoms with Gasteiger partial charge in [0.2, 0.25) is 0 Å². The highest BCUT2D eigenvalue weighted by Gasteiger charge is 2.40. The molecule has 1 aromatic heterocycles. The number of carboxylic acids is 1. The van der Waals surface area contributed by atoms with E-state index in [4.69, 9.17) is 4.74 Å². The minimum atomic E-state index is -0.754. The van der Waals surface area contributed by atoms with Gasteiger partial charge in [-0.1, -0.05) is 0 Å². The van der Waals surface area contributed by atoms with Gasteiger partial charge < -0.3 is 9.84 Å². The van der Waals surface area contributed by atoms with Crippen molar-refractivity contribution in [3.63, 3.8) is 0 Å². The number of carbonyl (C=O) groups is 1. The molecule has 5 heteroatoms. The smallest absolute Gasteiger partial charge is 0.312 e. The molecular formula is C10H13NO3S. The van der Waals surface area contributed by atoms with Crippen molar-refractivity contribution in [1.82, 2.24) is 4.98 Å². The molecule has 1 aromatic rings. The number of carboxylic acid groups (broad SMARTS) is 1. The molecule has 0 radical (unpaired) electrons. The van der Waals surface area contributed by atoms with Gasteiger partial charge >= 0.3 is 5.97 Å². The van der Waals surface area contributed by atoms with E-state index in [1.54, 1.807) is 11.7 Å². The molecule has 4 nitrogen and oxygen atoms in total. The molecule has 0 aliphatic carbocycles. The van der Waals surface area contributed by atoms with E-state index in [0.717, 1.165) is 11.3 Å². The van der Waals surface area contributed by atoms with Crippen molar-refractivity contribution >= 4 is 17.3 Å². The number of hydrogen-bond acceptors (Lipinski definition) is 4. The summed E-state index contributed by atoms with van der Waals surface area (Å²) in [5.74, 6) is -0.754. The molecule has 1 aliphatic rings. The Bertz CT molecular complexity index is 330. The topological polar surface area (TPSA) is 59.4 Å². The average Bonchev–Trinajstić information content (AvgIpc) is 2.71. The molecule has 0 saturated carbocycles. The molecule has 1 aliphatic heterocycles. The summed E-state index contributed by atoms with van der Waals surface area (Å²) in [6.07, 6.45) is 3.79. The summed E-state index contributed by atoms with van der Waals surface area (Å²) >= 11 is 1.50. The largest absolute Gasteiger partial charge is 0.481 e. The van der Waals surface area contributed by atoms with Crippen LogP contribution >= 0.6 is 11.3 Å². The maximum atomic E-state index is 11.3. The number of thiazole rings is 1. The summed E-state index contributed by atoms with van der Waals surface area (Å²) in [5.41, 5.74) is 0.999. The van der Waals surface area contributed by atoms with Crippen LogP contribution in [0, 0.1) is 5.41 Å². The first kappa shape index (κ1) is 10.6. The summed E-state index contributed by atoms with van der Waals surface area (Å²) < 4.78 is 5.30. The quantitative estimate of drug-likeness (QED) is 0.851. The first-order chi connectivity index (χ1) is 7.23. The summed E-state index contributed by atoms with van der Waals surface area (Å²) in [6, 6.07) is 0. The lowest BCUT2D eigenvalue weighted by Crippen LogP contribution is -2.41. The van der Waals surface area contributed by atoms with Gasteiger partial charge in [-0.15, -0.1) is 11.3 Å². The van der Waals surface area contributed by atoms with Crippen LogP contribution in [0.2, 0.25) is 0 Å². The van der Waals surface area contributed by atoms with Gasteiger partial charge in [0.15, 0.2) is 0 Å². The van der Waals surface area contributed by atoms with Gasteiger partial charge in [0.1, 0.15) is 0 Å². The van der Waals surface area contributed by atoms with Crippen molar-refractivity contribution in [2.45, 2.75) is 19.3 Å². The number of hydrogen-bond donors (Lipinski definition) is 1. The number of aliphatic carboxylic acids is 1. The highest BCUT2D eigenvalue weighted by atomic mass is 32.1. The van der Waals surface area contributed by atoms with Crippen molar-refractivity contribution in [2.24, 2.45) is 5.41 Å². The van der Waals surface area contributed by atoms with Crippen LogP contribution in [0.1, 0.15) is 17.7 Å². The van der Waals surface area contributed by atoms with Crippen LogP contribution < -0.4 is 0 Å². The van der Waals surface area contributed by atoms with Crippen LogP contribution in [0.5, 0.6) is 0 Å². The predicted molar refractivity (Wildman–Crippen MR) is 55.9 cm³/mol. The van der Waals surface area contributed by atoms with E-state index in [-0.39, 0.29) is 0 Å². The molecule has 1 unspecified atom stereocenters. The highest BCUT2D eigenvalue weighted by molar-refractivity contribution is 7.09. The zero-order chi connectivity index (χ0) is 10.7. The molecule has 1 N–H and O–H groups in total. The van der Waals surface area contributed by atoms with Gasteiger partial charge in [-0.2, -0.15) is 0 Å². The maximum Gasteiger partial charge on any atom is 0.312 e. The second kappa shape index (κ2) is 4.28. The predicted octanol–water partition coefficient (Wildman–Crippen LogP) is 1.57. The van der Waals surface area contributed by atoms with Crippen LogP contribution in [0.25, 0.3) is 0 Å². The van der Waals surface area contributed by atoms with E-state index < -0.39 is 11.4 Å². The zero-order valence-electron chi connectivity index (χ0n) is 8.31. The molecule has 1 fully saturated rings. The lowest BCUT2D eigenvalue weighted by atomic mass is 9.79. The molecule has 0 aromatic carbocycles. The number of aromatic nitrogens is 1. The van der Waals surface area contributed by atoms with Crippen molar-refractivity contribution in [3.05, 3.63) is 16.6 Å². The van der Waals surface area contributed by atoms with Crippen molar-refractivity contribution in [2.75, 3.05) is 13.2 Å². The number of ether oxygens (including phenoxy) is 1. The lowest BCUT2D eigenvalue weighted by molar-refractivity contribution is -0.157. The number of nitrogens with zero attached hydrogens (tertiary/aromatic N) is 1. The number of rotatable bonds is 3. The third kappa shape index (κ3) is 2.18. The fraction of sp³-hybridized carbons (Fsp3) is 0.600. The Kier molecular flexibility index (Phi) is 3.02. The fourth-order valence-electron chi connectivity index (χ4n) is 1.90. The molecule has 1 atom stereocenters. The van der Waals surface area contributed by atoms with Gasteiger partial charge in [0, 0.05) is 24.1 Å². The first-order valence-corrected chi connectivity index (χ1v) is 5.79. The van der Waals surface area contributed by atoms with Crippen LogP contribution in [0.4, 0.5) is 0 Å². The molecule has 2 rings (SSSR count). The molecule has 15 heavy (non-hydrogen) atoms. The summed E-state index contributed by atoms with van der Waals surface area (Å²) in [5, 5.41) is 9.29. The van der Waals surface area contributed by atoms with E-state index in [1.807, 2.05) is 0 Å². The highest BCUT2D eigenvalue weighted by Crippen LogP contribution is 2.33. The molecule has 0 bridgehead atoms. The Labute approximate surface area is 91.9 Å². The van der Waals surface area contributed by atoms with E-state index in [1.165, 1.54) is 11.3 Å². The Balaban J connectivity index is 2.15. The molecule has 0 spiro atoms. The van der Waals surface area contributed by atoms with E-state index >= 15 is 0 Å². The molecule has 82 valence electrons. The van der Waals surface area contributed by atoms with Crippen LogP contribution in [-0.2, 0) is 16.0 Å². The standard InChI is InChI=1S/C10H13NO3S/c12-9(13)10(2-1-3-14-6-10)4-8-5-11-7-15-8/h5,7H,1-4,6H2,(H,12,13). The summed E-state index contributed by atoms with van der Waals surface area (Å²) in [6.45, 7) is 0.998. The Morgan fingerprint density at radius 3 is 3.13 bits per heavy atom. The molecular weight excluding hydrogens is 214 g/mol. The third-order valence-electron chi connectivity index (χ3n) is 2.77. The van der Waals surface area contributed by atoms with Crippen molar-refractivity contribution in [3.8, 4) is 0 Å². The van der Waals surface area contributed by atoms with Gasteiger partial charge in [-0.3, -0.25) is 9.78 Å². The average molecular weight is 227 g/mol. The normalized spacial score (nSPS) is 26.4. The Hall–Kier alpha value is -0.940. The summed E-state index contributed by atoms with van der Waals surface area (Å²) in [7, 11) is 0. The monoisotopic (exact) mass is 227 g/mol. The summed E-state index contributed by atoms with van der Waals surface area (Å²) in [4.78, 5) is 16.3. The van der Waals surface area contributed by atoms with Gasteiger partial charge in [-0.25, -0.2) is 0 Å². The van der Waals surface area contributed by atoms with Gasteiger partial charge in [0.25, 0.3) is 0 Å². The SMILES string of the molecule is O=C(O)C1(Cc2cncs2)CCCOC1. The van der Waals surface area contributed by atoms with E-state index in [2.05, 4.69) is 4.98 Å². The minimum Gasteiger partial charge on any atom is -0.481 e. The second-order valence-electron chi connectivity index (χ2n) is 3.89. The molecule has 0 amide bonds. The second-order valence-corrected chi connectivity index (χ2v) is 4.86. The van der Waals surface area contributed by atoms with Crippen molar-refractivity contribution < 1.29 is 14.6 Å². The van der Waals surface area contributed by atoms with Gasteiger partial charge in [0.05, 0.1) is 17.5 Å². The minimum absolute atomic E-state index is 0.320. The third-order valence-corrected chi connectivity index (χ3v) is 3.55. The molecule has 2 heterocycles. The fourth-order valence-corrected chi connectivity index (χ4v) is 2.64. The maximum absolute atomic E-state index is 11.3. The Morgan fingerprint density at radius 1 is 1.73 bits per heavy atom. The van der Waals surface area contributed by atoms with Crippen LogP contribution in [-0.4, -0.2) is 29.3 Å². The van der Waals surface area contributed by atoms with E-state index in [9.17, 15) is 9.90 Å². The lowest BCUT2D eigenvalue weighted by Gasteiger charge is -2.32. The Morgan fingerprint density at radius 2 is 2.60 bits per heavy atom.